The van der Waals surface area contributed by atoms with Gasteiger partial charge in [0.1, 0.15) is 0 Å². The van der Waals surface area contributed by atoms with Crippen LogP contribution in [0.1, 0.15) is 19.7 Å². The minimum Gasteiger partial charge on any atom is -0.318 e. The molecule has 1 amide bonds. The topological polar surface area (TPSA) is 94.0 Å². The van der Waals surface area contributed by atoms with Crippen LogP contribution >= 0.6 is 0 Å². The van der Waals surface area contributed by atoms with Crippen molar-refractivity contribution in [2.45, 2.75) is 26.3 Å². The first-order valence-electron chi connectivity index (χ1n) is 3.80. The highest BCUT2D eigenvalue weighted by molar-refractivity contribution is 5.95. The normalized spacial score (nSPS) is 11.4. The van der Waals surface area contributed by atoms with Crippen molar-refractivity contribution in [2.75, 3.05) is 5.32 Å². The summed E-state index contributed by atoms with van der Waals surface area (Å²) in [4.78, 5) is 15.1. The van der Waals surface area contributed by atoms with Crippen molar-refractivity contribution >= 4 is 11.9 Å². The highest BCUT2D eigenvalue weighted by Crippen LogP contribution is 2.05. The van der Waals surface area contributed by atoms with Gasteiger partial charge in [0.05, 0.1) is 5.54 Å². The number of nitrogens with one attached hydrogen (secondary N) is 1. The Labute approximate surface area is 75.5 Å². The lowest BCUT2D eigenvalue weighted by Gasteiger charge is -2.15. The fraction of sp³-hybridized carbons (Fsp3) is 0.571. The number of carbonyl (C=O) groups excluding carboxylic acids is 1. The van der Waals surface area contributed by atoms with Crippen LogP contribution in [0.3, 0.4) is 0 Å². The Morgan fingerprint density at radius 3 is 2.62 bits per heavy atom. The van der Waals surface area contributed by atoms with Crippen LogP contribution in [-0.4, -0.2) is 21.6 Å². The fourth-order valence-corrected chi connectivity index (χ4v) is 0.606. The Kier molecular flexibility index (Phi) is 2.33. The molecule has 0 aliphatic carbocycles. The third-order valence-electron chi connectivity index (χ3n) is 1.33. The molecule has 0 fully saturated rings. The number of nitrogens with two attached hydrogens (primary N) is 1. The van der Waals surface area contributed by atoms with E-state index in [0.717, 1.165) is 0 Å². The summed E-state index contributed by atoms with van der Waals surface area (Å²) in [6.07, 6.45) is 0. The zero-order valence-corrected chi connectivity index (χ0v) is 7.79. The summed E-state index contributed by atoms with van der Waals surface area (Å²) in [6.45, 7) is 4.84. The number of anilines is 1. The smallest absolute Gasteiger partial charge is 0.318 e. The van der Waals surface area contributed by atoms with E-state index >= 15 is 0 Å². The zero-order valence-electron chi connectivity index (χ0n) is 7.79. The van der Waals surface area contributed by atoms with Gasteiger partial charge in [-0.15, -0.1) is 0 Å². The van der Waals surface area contributed by atoms with E-state index in [1.165, 1.54) is 0 Å². The Bertz CT molecular complexity index is 313. The lowest BCUT2D eigenvalue weighted by molar-refractivity contribution is -0.120. The predicted molar refractivity (Wildman–Crippen MR) is 45.9 cm³/mol. The highest BCUT2D eigenvalue weighted by Gasteiger charge is 2.23. The van der Waals surface area contributed by atoms with Crippen LogP contribution in [0.15, 0.2) is 4.52 Å². The average molecular weight is 184 g/mol. The summed E-state index contributed by atoms with van der Waals surface area (Å²) in [7, 11) is 0. The molecule has 0 saturated carbocycles. The standard InChI is InChI=1S/C7H12N4O2/c1-4-9-6(13-11-4)10-5(12)7(2,3)8/h8H2,1-3H3,(H,9,10,11,12). The van der Waals surface area contributed by atoms with Gasteiger partial charge in [0.15, 0.2) is 5.82 Å². The molecule has 6 heteroatoms. The van der Waals surface area contributed by atoms with E-state index in [1.54, 1.807) is 20.8 Å². The second-order valence-electron chi connectivity index (χ2n) is 3.32. The predicted octanol–water partition coefficient (Wildman–Crippen LogP) is 0.0538. The van der Waals surface area contributed by atoms with Gasteiger partial charge in [-0.05, 0) is 20.8 Å². The van der Waals surface area contributed by atoms with Gasteiger partial charge in [0.2, 0.25) is 5.91 Å². The number of carbonyl (C=O) groups is 1. The maximum Gasteiger partial charge on any atom is 0.328 e. The molecule has 0 radical (unpaired) electrons. The molecule has 0 saturated heterocycles. The van der Waals surface area contributed by atoms with E-state index in [-0.39, 0.29) is 11.9 Å². The maximum atomic E-state index is 11.3. The summed E-state index contributed by atoms with van der Waals surface area (Å²) in [5.74, 6) is 0.0984. The minimum atomic E-state index is -0.956. The monoisotopic (exact) mass is 184 g/mol. The fourth-order valence-electron chi connectivity index (χ4n) is 0.606. The largest absolute Gasteiger partial charge is 0.328 e. The molecule has 0 aliphatic rings. The molecule has 0 atom stereocenters. The summed E-state index contributed by atoms with van der Waals surface area (Å²) in [5, 5.41) is 5.91. The number of hydrogen-bond donors (Lipinski definition) is 2. The number of amides is 1. The van der Waals surface area contributed by atoms with Gasteiger partial charge in [0.25, 0.3) is 0 Å². The Morgan fingerprint density at radius 2 is 2.23 bits per heavy atom. The lowest BCUT2D eigenvalue weighted by atomic mass is 10.1. The summed E-state index contributed by atoms with van der Waals surface area (Å²) >= 11 is 0. The summed E-state index contributed by atoms with van der Waals surface area (Å²) < 4.78 is 4.68. The van der Waals surface area contributed by atoms with Crippen molar-refractivity contribution in [3.8, 4) is 0 Å². The van der Waals surface area contributed by atoms with Crippen LogP contribution < -0.4 is 11.1 Å². The molecular formula is C7H12N4O2. The van der Waals surface area contributed by atoms with Crippen LogP contribution in [-0.2, 0) is 4.79 Å². The minimum absolute atomic E-state index is 0.0704. The molecule has 1 rings (SSSR count). The molecule has 6 nitrogen and oxygen atoms in total. The molecule has 1 heterocycles. The first-order chi connectivity index (χ1) is 5.89. The van der Waals surface area contributed by atoms with Crippen molar-refractivity contribution in [2.24, 2.45) is 5.73 Å². The molecule has 0 unspecified atom stereocenters. The van der Waals surface area contributed by atoms with Crippen molar-refractivity contribution < 1.29 is 9.32 Å². The van der Waals surface area contributed by atoms with E-state index in [4.69, 9.17) is 5.73 Å². The Morgan fingerprint density at radius 1 is 1.62 bits per heavy atom. The van der Waals surface area contributed by atoms with Crippen molar-refractivity contribution in [1.29, 1.82) is 0 Å². The first kappa shape index (κ1) is 9.66. The summed E-state index contributed by atoms with van der Waals surface area (Å²) in [5.41, 5.74) is 4.58. The Hall–Kier alpha value is -1.43. The third-order valence-corrected chi connectivity index (χ3v) is 1.33. The first-order valence-corrected chi connectivity index (χ1v) is 3.80. The van der Waals surface area contributed by atoms with E-state index < -0.39 is 5.54 Å². The highest BCUT2D eigenvalue weighted by atomic mass is 16.5. The zero-order chi connectivity index (χ0) is 10.1. The number of hydrogen-bond acceptors (Lipinski definition) is 5. The maximum absolute atomic E-state index is 11.3. The van der Waals surface area contributed by atoms with Crippen molar-refractivity contribution in [1.82, 2.24) is 10.1 Å². The molecule has 1 aromatic rings. The molecular weight excluding hydrogens is 172 g/mol. The van der Waals surface area contributed by atoms with Gasteiger partial charge < -0.3 is 10.3 Å². The average Bonchev–Trinajstić information content (AvgIpc) is 2.33. The lowest BCUT2D eigenvalue weighted by Crippen LogP contribution is -2.45. The van der Waals surface area contributed by atoms with Crippen LogP contribution in [0.2, 0.25) is 0 Å². The second-order valence-corrected chi connectivity index (χ2v) is 3.32. The van der Waals surface area contributed by atoms with Gasteiger partial charge >= 0.3 is 6.01 Å². The van der Waals surface area contributed by atoms with Crippen molar-refractivity contribution in [3.05, 3.63) is 5.82 Å². The molecule has 13 heavy (non-hydrogen) atoms. The SMILES string of the molecule is Cc1noc(NC(=O)C(C)(C)N)n1. The van der Waals surface area contributed by atoms with Crippen LogP contribution in [0.5, 0.6) is 0 Å². The van der Waals surface area contributed by atoms with Gasteiger partial charge in [0, 0.05) is 0 Å². The molecule has 72 valence electrons. The number of rotatable bonds is 2. The van der Waals surface area contributed by atoms with E-state index in [1.807, 2.05) is 0 Å². The molecule has 0 bridgehead atoms. The number of aromatic nitrogens is 2. The third kappa shape index (κ3) is 2.51. The number of nitrogens with zero attached hydrogens (tertiary/aromatic N) is 2. The van der Waals surface area contributed by atoms with Gasteiger partial charge in [-0.25, -0.2) is 0 Å². The van der Waals surface area contributed by atoms with Crippen LogP contribution in [0.25, 0.3) is 0 Å². The van der Waals surface area contributed by atoms with Gasteiger partial charge in [-0.1, -0.05) is 5.16 Å². The summed E-state index contributed by atoms with van der Waals surface area (Å²) in [6, 6.07) is 0.0704. The molecule has 0 aliphatic heterocycles. The van der Waals surface area contributed by atoms with Gasteiger partial charge in [-0.2, -0.15) is 4.98 Å². The Balaban J connectivity index is 2.65. The van der Waals surface area contributed by atoms with E-state index in [2.05, 4.69) is 20.0 Å². The number of aryl methyl sites for hydroxylation is 1. The van der Waals surface area contributed by atoms with Gasteiger partial charge in [-0.3, -0.25) is 10.1 Å². The second kappa shape index (κ2) is 3.14. The van der Waals surface area contributed by atoms with Crippen LogP contribution in [0.4, 0.5) is 6.01 Å². The molecule has 0 spiro atoms. The molecule has 3 N–H and O–H groups in total. The van der Waals surface area contributed by atoms with Crippen LogP contribution in [0, 0.1) is 6.92 Å². The quantitative estimate of drug-likeness (QED) is 0.677. The van der Waals surface area contributed by atoms with E-state index in [0.29, 0.717) is 5.82 Å². The molecule has 1 aromatic heterocycles. The molecule has 0 aromatic carbocycles. The van der Waals surface area contributed by atoms with Crippen molar-refractivity contribution in [3.63, 3.8) is 0 Å². The van der Waals surface area contributed by atoms with E-state index in [9.17, 15) is 4.79 Å².